The van der Waals surface area contributed by atoms with Crippen molar-refractivity contribution in [3.8, 4) is 0 Å². The summed E-state index contributed by atoms with van der Waals surface area (Å²) in [5, 5.41) is 0. The normalized spacial score (nSPS) is 25.9. The second-order valence-corrected chi connectivity index (χ2v) is 8.64. The average Bonchev–Trinajstić information content (AvgIpc) is 2.70. The largest absolute Gasteiger partial charge is 0.0802 e. The number of aryl methyl sites for hydroxylation is 1. The Bertz CT molecular complexity index is 581. The fourth-order valence-electron chi connectivity index (χ4n) is 4.94. The molecular formula is C26H38. The van der Waals surface area contributed by atoms with E-state index in [1.807, 2.05) is 0 Å². The van der Waals surface area contributed by atoms with Crippen molar-refractivity contribution in [2.75, 3.05) is 0 Å². The maximum atomic E-state index is 2.53. The van der Waals surface area contributed by atoms with Crippen LogP contribution in [0.3, 0.4) is 0 Å². The molecule has 0 N–H and O–H groups in total. The molecule has 142 valence electrons. The number of benzene rings is 1. The molecule has 26 heavy (non-hydrogen) atoms. The van der Waals surface area contributed by atoms with Crippen molar-refractivity contribution in [2.24, 2.45) is 17.8 Å². The summed E-state index contributed by atoms with van der Waals surface area (Å²) in [7, 11) is 0. The lowest BCUT2D eigenvalue weighted by molar-refractivity contribution is 0.219. The van der Waals surface area contributed by atoms with Crippen LogP contribution in [0.15, 0.2) is 42.5 Å². The molecule has 0 aliphatic heterocycles. The second kappa shape index (κ2) is 10.1. The van der Waals surface area contributed by atoms with Crippen LogP contribution in [0.1, 0.15) is 89.2 Å². The molecule has 0 saturated heterocycles. The Balaban J connectivity index is 1.47. The maximum Gasteiger partial charge on any atom is -0.0167 e. The molecule has 1 aromatic carbocycles. The smallest absolute Gasteiger partial charge is 0.0167 e. The van der Waals surface area contributed by atoms with Gasteiger partial charge >= 0.3 is 0 Å². The first-order valence-corrected chi connectivity index (χ1v) is 11.3. The minimum atomic E-state index is 0.787. The first-order chi connectivity index (χ1) is 12.8. The molecule has 0 heteroatoms. The van der Waals surface area contributed by atoms with Gasteiger partial charge in [0.05, 0.1) is 0 Å². The first kappa shape index (κ1) is 19.5. The van der Waals surface area contributed by atoms with Crippen LogP contribution in [0, 0.1) is 17.8 Å². The molecule has 0 spiro atoms. The van der Waals surface area contributed by atoms with Crippen LogP contribution in [0.25, 0.3) is 5.57 Å². The molecule has 0 aromatic heterocycles. The van der Waals surface area contributed by atoms with E-state index in [1.54, 1.807) is 0 Å². The van der Waals surface area contributed by atoms with Crippen LogP contribution < -0.4 is 0 Å². The third-order valence-corrected chi connectivity index (χ3v) is 6.67. The highest BCUT2D eigenvalue weighted by Crippen LogP contribution is 2.39. The lowest BCUT2D eigenvalue weighted by Gasteiger charge is -2.33. The predicted molar refractivity (Wildman–Crippen MR) is 115 cm³/mol. The topological polar surface area (TPSA) is 0 Å². The Labute approximate surface area is 161 Å². The molecule has 0 amide bonds. The Morgan fingerprint density at radius 2 is 1.65 bits per heavy atom. The van der Waals surface area contributed by atoms with Crippen molar-refractivity contribution in [1.82, 2.24) is 0 Å². The molecule has 0 radical (unpaired) electrons. The Hall–Kier alpha value is -1.30. The van der Waals surface area contributed by atoms with Crippen molar-refractivity contribution in [3.05, 3.63) is 53.6 Å². The fraction of sp³-hybridized carbons (Fsp3) is 0.615. The van der Waals surface area contributed by atoms with Crippen molar-refractivity contribution < 1.29 is 0 Å². The van der Waals surface area contributed by atoms with Gasteiger partial charge in [0.1, 0.15) is 0 Å². The van der Waals surface area contributed by atoms with Gasteiger partial charge in [-0.3, -0.25) is 0 Å². The van der Waals surface area contributed by atoms with Crippen LogP contribution in [-0.2, 0) is 6.42 Å². The summed E-state index contributed by atoms with van der Waals surface area (Å²) >= 11 is 0. The fourth-order valence-corrected chi connectivity index (χ4v) is 4.94. The highest BCUT2D eigenvalue weighted by molar-refractivity contribution is 5.75. The molecule has 3 rings (SSSR count). The zero-order chi connectivity index (χ0) is 18.2. The third kappa shape index (κ3) is 5.35. The quantitative estimate of drug-likeness (QED) is 0.417. The molecule has 2 aliphatic rings. The summed E-state index contributed by atoms with van der Waals surface area (Å²) < 4.78 is 0. The highest BCUT2D eigenvalue weighted by atomic mass is 14.3. The molecule has 1 saturated carbocycles. The van der Waals surface area contributed by atoms with Crippen molar-refractivity contribution in [2.45, 2.75) is 84.5 Å². The number of allylic oxidation sites excluding steroid dienone is 4. The van der Waals surface area contributed by atoms with E-state index in [1.165, 1.54) is 87.3 Å². The predicted octanol–water partition coefficient (Wildman–Crippen LogP) is 7.99. The molecule has 2 aliphatic carbocycles. The second-order valence-electron chi connectivity index (χ2n) is 8.64. The minimum Gasteiger partial charge on any atom is -0.0802 e. The molecular weight excluding hydrogens is 312 g/mol. The van der Waals surface area contributed by atoms with Gasteiger partial charge in [0.25, 0.3) is 0 Å². The summed E-state index contributed by atoms with van der Waals surface area (Å²) in [5.41, 5.74) is 4.28. The summed E-state index contributed by atoms with van der Waals surface area (Å²) in [5.74, 6) is 2.74. The molecule has 1 fully saturated rings. The van der Waals surface area contributed by atoms with Gasteiger partial charge in [-0.25, -0.2) is 0 Å². The SMILES string of the molecule is CCCCC[C@H]1CC[C@H](C2C=CC(c3ccc(CCC)cc3)=CC2)CC1. The average molecular weight is 351 g/mol. The van der Waals surface area contributed by atoms with E-state index in [0.717, 1.165) is 17.8 Å². The minimum absolute atomic E-state index is 0.787. The number of hydrogen-bond donors (Lipinski definition) is 0. The highest BCUT2D eigenvalue weighted by Gasteiger charge is 2.26. The molecule has 1 atom stereocenters. The Kier molecular flexibility index (Phi) is 7.59. The van der Waals surface area contributed by atoms with Crippen molar-refractivity contribution in [3.63, 3.8) is 0 Å². The number of rotatable bonds is 8. The van der Waals surface area contributed by atoms with Gasteiger partial charge in [-0.05, 0) is 60.1 Å². The van der Waals surface area contributed by atoms with Crippen molar-refractivity contribution in [1.29, 1.82) is 0 Å². The van der Waals surface area contributed by atoms with E-state index < -0.39 is 0 Å². The van der Waals surface area contributed by atoms with Gasteiger partial charge in [0, 0.05) is 0 Å². The van der Waals surface area contributed by atoms with E-state index in [2.05, 4.69) is 56.3 Å². The molecule has 1 aromatic rings. The summed E-state index contributed by atoms with van der Waals surface area (Å²) in [6, 6.07) is 9.23. The molecule has 1 unspecified atom stereocenters. The van der Waals surface area contributed by atoms with E-state index >= 15 is 0 Å². The van der Waals surface area contributed by atoms with Gasteiger partial charge in [-0.15, -0.1) is 0 Å². The molecule has 0 nitrogen and oxygen atoms in total. The van der Waals surface area contributed by atoms with Crippen LogP contribution in [0.5, 0.6) is 0 Å². The summed E-state index contributed by atoms with van der Waals surface area (Å²) in [4.78, 5) is 0. The lowest BCUT2D eigenvalue weighted by atomic mass is 9.72. The maximum absolute atomic E-state index is 2.53. The van der Waals surface area contributed by atoms with Crippen LogP contribution in [0.2, 0.25) is 0 Å². The van der Waals surface area contributed by atoms with Gasteiger partial charge in [-0.1, -0.05) is 101 Å². The van der Waals surface area contributed by atoms with Gasteiger partial charge in [0.2, 0.25) is 0 Å². The van der Waals surface area contributed by atoms with Gasteiger partial charge in [-0.2, -0.15) is 0 Å². The zero-order valence-electron chi connectivity index (χ0n) is 17.1. The molecule has 0 bridgehead atoms. The number of hydrogen-bond acceptors (Lipinski definition) is 0. The Morgan fingerprint density at radius 3 is 2.27 bits per heavy atom. The Morgan fingerprint density at radius 1 is 0.885 bits per heavy atom. The van der Waals surface area contributed by atoms with Crippen molar-refractivity contribution >= 4 is 5.57 Å². The lowest BCUT2D eigenvalue weighted by Crippen LogP contribution is -2.21. The van der Waals surface area contributed by atoms with Crippen LogP contribution in [0.4, 0.5) is 0 Å². The van der Waals surface area contributed by atoms with E-state index in [-0.39, 0.29) is 0 Å². The number of unbranched alkanes of at least 4 members (excludes halogenated alkanes) is 2. The zero-order valence-corrected chi connectivity index (χ0v) is 17.1. The van der Waals surface area contributed by atoms with Gasteiger partial charge in [0.15, 0.2) is 0 Å². The van der Waals surface area contributed by atoms with Crippen LogP contribution >= 0.6 is 0 Å². The monoisotopic (exact) mass is 350 g/mol. The van der Waals surface area contributed by atoms with E-state index in [4.69, 9.17) is 0 Å². The molecule has 0 heterocycles. The standard InChI is InChI=1S/C26H38/c1-3-5-6-8-22-11-15-24(16-12-22)26-19-17-25(18-20-26)23-13-9-21(7-4-2)10-14-23/h9-10,13-14,17-19,22,24,26H,3-8,11-12,15-16,20H2,1-2H3/t22-,24-,26?. The van der Waals surface area contributed by atoms with E-state index in [0.29, 0.717) is 0 Å². The summed E-state index contributed by atoms with van der Waals surface area (Å²) in [6.07, 6.45) is 22.7. The summed E-state index contributed by atoms with van der Waals surface area (Å²) in [6.45, 7) is 4.56. The first-order valence-electron chi connectivity index (χ1n) is 11.3. The van der Waals surface area contributed by atoms with Gasteiger partial charge < -0.3 is 0 Å². The van der Waals surface area contributed by atoms with Crippen LogP contribution in [-0.4, -0.2) is 0 Å². The third-order valence-electron chi connectivity index (χ3n) is 6.67. The van der Waals surface area contributed by atoms with E-state index in [9.17, 15) is 0 Å².